The van der Waals surface area contributed by atoms with E-state index in [9.17, 15) is 24.6 Å². The molecule has 2 saturated carbocycles. The number of nitrogens with one attached hydrogen (secondary N) is 1. The van der Waals surface area contributed by atoms with E-state index in [1.807, 2.05) is 0 Å². The summed E-state index contributed by atoms with van der Waals surface area (Å²) in [5.74, 6) is -1.18. The molecule has 156 valence electrons. The standard InChI is InChI=1S/C21H31NO6/c1-2-3-5-8-13(23)9-6-4-7-10-17(24)22-15-12-21(27)19(26)14(18(15)25)11-16-20(21)28-16/h7,10,14-16,18,20,25,27H,2-6,8-9,11-12H2,1H3,(H,22,24)/b10-7+/t14-,15+,16+,18-,20+,21-/m1/s1. The largest absolute Gasteiger partial charge is 0.390 e. The van der Waals surface area contributed by atoms with Gasteiger partial charge in [0, 0.05) is 19.3 Å². The smallest absolute Gasteiger partial charge is 0.243 e. The number of rotatable bonds is 10. The first kappa shape index (κ1) is 21.1. The van der Waals surface area contributed by atoms with Crippen molar-refractivity contribution in [1.29, 1.82) is 0 Å². The maximum Gasteiger partial charge on any atom is 0.243 e. The maximum absolute atomic E-state index is 12.3. The molecule has 0 aromatic rings. The van der Waals surface area contributed by atoms with Crippen LogP contribution in [0.25, 0.3) is 0 Å². The molecule has 0 spiro atoms. The summed E-state index contributed by atoms with van der Waals surface area (Å²) in [6, 6.07) is -0.685. The third-order valence-corrected chi connectivity index (χ3v) is 6.14. The van der Waals surface area contributed by atoms with Crippen LogP contribution in [0, 0.1) is 5.92 Å². The molecule has 0 aromatic heterocycles. The van der Waals surface area contributed by atoms with Crippen LogP contribution in [0.3, 0.4) is 0 Å². The highest BCUT2D eigenvalue weighted by atomic mass is 16.6. The van der Waals surface area contributed by atoms with Gasteiger partial charge in [-0.3, -0.25) is 14.4 Å². The molecule has 2 aliphatic carbocycles. The normalized spacial score (nSPS) is 36.2. The van der Waals surface area contributed by atoms with E-state index in [-0.39, 0.29) is 30.0 Å². The number of carbonyl (C=O) groups excluding carboxylic acids is 3. The van der Waals surface area contributed by atoms with Crippen molar-refractivity contribution < 1.29 is 29.3 Å². The first-order valence-electron chi connectivity index (χ1n) is 10.5. The molecule has 1 amide bonds. The van der Waals surface area contributed by atoms with Crippen molar-refractivity contribution in [2.45, 2.75) is 94.7 Å². The molecule has 1 aliphatic heterocycles. The van der Waals surface area contributed by atoms with Crippen molar-refractivity contribution in [3.8, 4) is 0 Å². The van der Waals surface area contributed by atoms with Crippen LogP contribution in [-0.4, -0.2) is 57.6 Å². The molecule has 6 atom stereocenters. The lowest BCUT2D eigenvalue weighted by Crippen LogP contribution is -2.66. The fraction of sp³-hybridized carbons (Fsp3) is 0.762. The number of amides is 1. The number of unbranched alkanes of at least 4 members (excludes halogenated alkanes) is 3. The number of hydrogen-bond acceptors (Lipinski definition) is 6. The van der Waals surface area contributed by atoms with E-state index in [4.69, 9.17) is 4.74 Å². The Labute approximate surface area is 165 Å². The lowest BCUT2D eigenvalue weighted by molar-refractivity contribution is -0.162. The molecule has 28 heavy (non-hydrogen) atoms. The summed E-state index contributed by atoms with van der Waals surface area (Å²) in [6.45, 7) is 2.10. The fourth-order valence-electron chi connectivity index (χ4n) is 4.48. The predicted octanol–water partition coefficient (Wildman–Crippen LogP) is 1.20. The number of allylic oxidation sites excluding steroid dienone is 1. The molecular weight excluding hydrogens is 362 g/mol. The van der Waals surface area contributed by atoms with Crippen molar-refractivity contribution in [3.05, 3.63) is 12.2 Å². The molecule has 7 nitrogen and oxygen atoms in total. The summed E-state index contributed by atoms with van der Waals surface area (Å²) < 4.78 is 5.37. The summed E-state index contributed by atoms with van der Waals surface area (Å²) in [5, 5.41) is 23.8. The van der Waals surface area contributed by atoms with Crippen molar-refractivity contribution in [2.24, 2.45) is 5.92 Å². The van der Waals surface area contributed by atoms with Crippen molar-refractivity contribution in [3.63, 3.8) is 0 Å². The third-order valence-electron chi connectivity index (χ3n) is 6.14. The minimum atomic E-state index is -1.60. The number of ketones is 2. The Morgan fingerprint density at radius 1 is 1.29 bits per heavy atom. The van der Waals surface area contributed by atoms with Crippen molar-refractivity contribution >= 4 is 17.5 Å². The molecule has 3 N–H and O–H groups in total. The van der Waals surface area contributed by atoms with Crippen LogP contribution >= 0.6 is 0 Å². The molecule has 7 heteroatoms. The molecule has 0 aromatic carbocycles. The van der Waals surface area contributed by atoms with Crippen molar-refractivity contribution in [1.82, 2.24) is 5.32 Å². The zero-order valence-corrected chi connectivity index (χ0v) is 16.4. The molecule has 3 fully saturated rings. The number of aliphatic hydroxyl groups is 2. The van der Waals surface area contributed by atoms with Crippen LogP contribution in [0.4, 0.5) is 0 Å². The van der Waals surface area contributed by atoms with Gasteiger partial charge in [-0.2, -0.15) is 0 Å². The van der Waals surface area contributed by atoms with E-state index in [2.05, 4.69) is 12.2 Å². The highest BCUT2D eigenvalue weighted by Crippen LogP contribution is 2.50. The zero-order valence-electron chi connectivity index (χ0n) is 16.4. The number of hydrogen-bond donors (Lipinski definition) is 3. The predicted molar refractivity (Wildman–Crippen MR) is 101 cm³/mol. The van der Waals surface area contributed by atoms with Gasteiger partial charge in [-0.15, -0.1) is 0 Å². The van der Waals surface area contributed by atoms with E-state index in [0.717, 1.165) is 19.3 Å². The molecular formula is C21H31NO6. The minimum Gasteiger partial charge on any atom is -0.390 e. The number of fused-ring (bicyclic) bond motifs is 4. The number of aliphatic hydroxyl groups excluding tert-OH is 1. The van der Waals surface area contributed by atoms with E-state index >= 15 is 0 Å². The molecule has 1 saturated heterocycles. The molecule has 0 unspecified atom stereocenters. The number of epoxide rings is 1. The topological polar surface area (TPSA) is 116 Å². The zero-order chi connectivity index (χ0) is 20.3. The minimum absolute atomic E-state index is 0.0312. The molecule has 2 bridgehead atoms. The molecule has 3 aliphatic rings. The van der Waals surface area contributed by atoms with E-state index < -0.39 is 29.8 Å². The quantitative estimate of drug-likeness (QED) is 0.292. The van der Waals surface area contributed by atoms with Gasteiger partial charge in [0.25, 0.3) is 0 Å². The summed E-state index contributed by atoms with van der Waals surface area (Å²) in [6.07, 6.45) is 7.38. The van der Waals surface area contributed by atoms with Crippen LogP contribution < -0.4 is 5.32 Å². The Hall–Kier alpha value is -1.57. The van der Waals surface area contributed by atoms with Crippen LogP contribution in [0.5, 0.6) is 0 Å². The maximum atomic E-state index is 12.3. The lowest BCUT2D eigenvalue weighted by atomic mass is 9.65. The van der Waals surface area contributed by atoms with Crippen LogP contribution in [0.15, 0.2) is 12.2 Å². The van der Waals surface area contributed by atoms with E-state index in [1.165, 1.54) is 6.08 Å². The molecule has 0 radical (unpaired) electrons. The van der Waals surface area contributed by atoms with Gasteiger partial charge in [-0.05, 0) is 31.8 Å². The summed E-state index contributed by atoms with van der Waals surface area (Å²) in [4.78, 5) is 36.2. The van der Waals surface area contributed by atoms with Gasteiger partial charge in [-0.1, -0.05) is 25.8 Å². The SMILES string of the molecule is CCCCCC(=O)CCC/C=C/C(=O)N[C@H]1C[C@@]2(O)C(=O)[C@H](C[C@@H]3O[C@@H]32)[C@H]1O. The van der Waals surface area contributed by atoms with Gasteiger partial charge < -0.3 is 20.3 Å². The Morgan fingerprint density at radius 2 is 2.04 bits per heavy atom. The second-order valence-electron chi connectivity index (χ2n) is 8.33. The Bertz CT molecular complexity index is 647. The first-order chi connectivity index (χ1) is 13.4. The average Bonchev–Trinajstić information content (AvgIpc) is 3.43. The van der Waals surface area contributed by atoms with Gasteiger partial charge in [-0.25, -0.2) is 0 Å². The Kier molecular flexibility index (Phi) is 6.68. The number of carbonyl (C=O) groups is 3. The third kappa shape index (κ3) is 4.53. The fourth-order valence-corrected chi connectivity index (χ4v) is 4.48. The Morgan fingerprint density at radius 3 is 2.79 bits per heavy atom. The summed E-state index contributed by atoms with van der Waals surface area (Å²) >= 11 is 0. The summed E-state index contributed by atoms with van der Waals surface area (Å²) in [7, 11) is 0. The van der Waals surface area contributed by atoms with Crippen LogP contribution in [-0.2, 0) is 19.1 Å². The van der Waals surface area contributed by atoms with E-state index in [1.54, 1.807) is 6.08 Å². The van der Waals surface area contributed by atoms with Gasteiger partial charge in [0.1, 0.15) is 11.9 Å². The first-order valence-corrected chi connectivity index (χ1v) is 10.5. The highest BCUT2D eigenvalue weighted by molar-refractivity contribution is 5.94. The number of Topliss-reactive ketones (excluding diaryl/α,β-unsaturated/α-hetero) is 2. The van der Waals surface area contributed by atoms with Crippen molar-refractivity contribution in [2.75, 3.05) is 0 Å². The Balaban J connectivity index is 1.41. The van der Waals surface area contributed by atoms with Gasteiger partial charge in [0.05, 0.1) is 24.2 Å². The van der Waals surface area contributed by atoms with Gasteiger partial charge in [0.15, 0.2) is 11.4 Å². The second kappa shape index (κ2) is 8.84. The van der Waals surface area contributed by atoms with Gasteiger partial charge in [0.2, 0.25) is 5.91 Å². The highest BCUT2D eigenvalue weighted by Gasteiger charge is 2.68. The average molecular weight is 393 g/mol. The number of ether oxygens (including phenoxy) is 1. The lowest BCUT2D eigenvalue weighted by Gasteiger charge is -2.44. The second-order valence-corrected chi connectivity index (χ2v) is 8.33. The molecule has 3 rings (SSSR count). The summed E-state index contributed by atoms with van der Waals surface area (Å²) in [5.41, 5.74) is -1.60. The molecule has 1 heterocycles. The van der Waals surface area contributed by atoms with E-state index in [0.29, 0.717) is 32.1 Å². The van der Waals surface area contributed by atoms with Crippen LogP contribution in [0.2, 0.25) is 0 Å². The van der Waals surface area contributed by atoms with Crippen LogP contribution in [0.1, 0.15) is 64.7 Å². The monoisotopic (exact) mass is 393 g/mol. The van der Waals surface area contributed by atoms with Gasteiger partial charge >= 0.3 is 0 Å².